The first-order valence-corrected chi connectivity index (χ1v) is 5.63. The molecule has 0 atom stereocenters. The molecule has 0 spiro atoms. The first kappa shape index (κ1) is 13.7. The molecule has 0 radical (unpaired) electrons. The van der Waals surface area contributed by atoms with Crippen LogP contribution in [-0.4, -0.2) is 33.6 Å². The first-order chi connectivity index (χ1) is 7.13. The predicted molar refractivity (Wildman–Crippen MR) is 63.3 cm³/mol. The molecule has 0 aliphatic heterocycles. The Bertz CT molecular complexity index is 361. The lowest BCUT2D eigenvalue weighted by atomic mass is 9.81. The van der Waals surface area contributed by atoms with Crippen molar-refractivity contribution < 1.29 is 19.3 Å². The van der Waals surface area contributed by atoms with Crippen LogP contribution in [0.4, 0.5) is 0 Å². The van der Waals surface area contributed by atoms with Gasteiger partial charge in [-0.3, -0.25) is 0 Å². The Morgan fingerprint density at radius 3 is 2.38 bits per heavy atom. The zero-order valence-electron chi connectivity index (χ0n) is 9.69. The minimum Gasteiger partial charge on any atom is -0.421 e. The quantitative estimate of drug-likeness (QED) is 0.799. The molecule has 0 saturated heterocycles. The molecule has 1 rings (SSSR count). The zero-order valence-corrected chi connectivity index (χ0v) is 11.3. The fraction of sp³-hybridized carbons (Fsp3) is 0.667. The second-order valence-corrected chi connectivity index (χ2v) is 5.40. The SMILES string of the molecule is CC(C)(O)C(C)(C)OB(O)c1cc(Br)no1. The molecule has 0 amide bonds. The Morgan fingerprint density at radius 2 is 2.00 bits per heavy atom. The number of aliphatic hydroxyl groups is 1. The molecular formula is C9H15BBrNO4. The molecule has 0 fully saturated rings. The molecule has 7 heteroatoms. The number of halogens is 1. The molecule has 0 saturated carbocycles. The van der Waals surface area contributed by atoms with E-state index in [4.69, 9.17) is 9.18 Å². The third-order valence-corrected chi connectivity index (χ3v) is 3.00. The fourth-order valence-corrected chi connectivity index (χ4v) is 1.16. The molecular weight excluding hydrogens is 277 g/mol. The van der Waals surface area contributed by atoms with Gasteiger partial charge in [0.1, 0.15) is 4.60 Å². The van der Waals surface area contributed by atoms with Crippen molar-refractivity contribution in [1.29, 1.82) is 0 Å². The number of rotatable bonds is 4. The van der Waals surface area contributed by atoms with Crippen LogP contribution in [0.25, 0.3) is 0 Å². The minimum absolute atomic E-state index is 0.184. The van der Waals surface area contributed by atoms with Crippen molar-refractivity contribution in [3.05, 3.63) is 10.7 Å². The van der Waals surface area contributed by atoms with Gasteiger partial charge in [-0.15, -0.1) is 0 Å². The molecule has 0 aliphatic carbocycles. The first-order valence-electron chi connectivity index (χ1n) is 4.84. The topological polar surface area (TPSA) is 75.7 Å². The van der Waals surface area contributed by atoms with Gasteiger partial charge in [-0.25, -0.2) is 0 Å². The smallest absolute Gasteiger partial charge is 0.421 e. The molecule has 1 aromatic heterocycles. The second-order valence-electron chi connectivity index (χ2n) is 4.59. The lowest BCUT2D eigenvalue weighted by Crippen LogP contribution is -2.52. The summed E-state index contributed by atoms with van der Waals surface area (Å²) in [5.41, 5.74) is -1.83. The van der Waals surface area contributed by atoms with Crippen molar-refractivity contribution in [3.8, 4) is 0 Å². The summed E-state index contributed by atoms with van der Waals surface area (Å²) >= 11 is 3.10. The van der Waals surface area contributed by atoms with Crippen molar-refractivity contribution in [1.82, 2.24) is 5.16 Å². The van der Waals surface area contributed by atoms with Crippen LogP contribution in [0.3, 0.4) is 0 Å². The Morgan fingerprint density at radius 1 is 1.44 bits per heavy atom. The summed E-state index contributed by atoms with van der Waals surface area (Å²) in [6.45, 7) is 6.58. The van der Waals surface area contributed by atoms with Gasteiger partial charge >= 0.3 is 7.12 Å². The average Bonchev–Trinajstić information content (AvgIpc) is 2.48. The molecule has 5 nitrogen and oxygen atoms in total. The molecule has 0 unspecified atom stereocenters. The molecule has 0 aliphatic rings. The number of hydrogen-bond donors (Lipinski definition) is 2. The third-order valence-electron chi connectivity index (χ3n) is 2.62. The third kappa shape index (κ3) is 3.07. The van der Waals surface area contributed by atoms with E-state index < -0.39 is 18.3 Å². The summed E-state index contributed by atoms with van der Waals surface area (Å²) in [5.74, 6) is 0. The molecule has 1 heterocycles. The summed E-state index contributed by atoms with van der Waals surface area (Å²) in [6, 6.07) is 1.51. The van der Waals surface area contributed by atoms with Gasteiger partial charge in [0.05, 0.1) is 11.2 Å². The maximum Gasteiger partial charge on any atom is 0.532 e. The Labute approximate surface area is 103 Å². The van der Waals surface area contributed by atoms with Gasteiger partial charge in [-0.1, -0.05) is 5.16 Å². The van der Waals surface area contributed by atoms with Crippen molar-refractivity contribution in [3.63, 3.8) is 0 Å². The van der Waals surface area contributed by atoms with E-state index in [9.17, 15) is 10.1 Å². The maximum absolute atomic E-state index is 9.85. The van der Waals surface area contributed by atoms with E-state index in [0.29, 0.717) is 4.60 Å². The molecule has 16 heavy (non-hydrogen) atoms. The lowest BCUT2D eigenvalue weighted by Gasteiger charge is -2.37. The van der Waals surface area contributed by atoms with Crippen molar-refractivity contribution >= 4 is 28.7 Å². The second kappa shape index (κ2) is 4.48. The highest BCUT2D eigenvalue weighted by molar-refractivity contribution is 9.10. The van der Waals surface area contributed by atoms with E-state index in [1.807, 2.05) is 0 Å². The van der Waals surface area contributed by atoms with Crippen LogP contribution in [0, 0.1) is 0 Å². The number of hydrogen-bond acceptors (Lipinski definition) is 5. The Hall–Kier alpha value is -0.365. The van der Waals surface area contributed by atoms with Crippen LogP contribution in [0.2, 0.25) is 0 Å². The highest BCUT2D eigenvalue weighted by atomic mass is 79.9. The molecule has 0 aromatic carbocycles. The van der Waals surface area contributed by atoms with Crippen LogP contribution < -0.4 is 5.66 Å². The van der Waals surface area contributed by atoms with Crippen LogP contribution in [0.15, 0.2) is 15.2 Å². The van der Waals surface area contributed by atoms with Gasteiger partial charge in [-0.05, 0) is 43.6 Å². The van der Waals surface area contributed by atoms with Crippen LogP contribution >= 0.6 is 15.9 Å². The summed E-state index contributed by atoms with van der Waals surface area (Å²) in [7, 11) is -1.26. The van der Waals surface area contributed by atoms with Gasteiger partial charge in [0.15, 0.2) is 5.66 Å². The van der Waals surface area contributed by atoms with E-state index in [1.54, 1.807) is 27.7 Å². The van der Waals surface area contributed by atoms with Crippen LogP contribution in [-0.2, 0) is 4.65 Å². The molecule has 90 valence electrons. The lowest BCUT2D eigenvalue weighted by molar-refractivity contribution is -0.0987. The Kier molecular flexibility index (Phi) is 3.84. The standard InChI is InChI=1S/C9H15BBrNO4/c1-8(2,13)9(3,4)16-10(14)6-5-7(11)12-15-6/h5,13-14H,1-4H3. The van der Waals surface area contributed by atoms with E-state index in [0.717, 1.165) is 0 Å². The molecule has 2 N–H and O–H groups in total. The van der Waals surface area contributed by atoms with Crippen LogP contribution in [0.1, 0.15) is 27.7 Å². The molecule has 0 bridgehead atoms. The van der Waals surface area contributed by atoms with Crippen molar-refractivity contribution in [2.75, 3.05) is 0 Å². The van der Waals surface area contributed by atoms with E-state index in [-0.39, 0.29) is 5.66 Å². The van der Waals surface area contributed by atoms with Gasteiger partial charge < -0.3 is 19.3 Å². The normalized spacial score (nSPS) is 12.9. The van der Waals surface area contributed by atoms with Gasteiger partial charge in [-0.2, -0.15) is 0 Å². The highest BCUT2D eigenvalue weighted by Gasteiger charge is 2.40. The fourth-order valence-electron chi connectivity index (χ4n) is 0.864. The Balaban J connectivity index is 2.75. The maximum atomic E-state index is 9.85. The van der Waals surface area contributed by atoms with E-state index >= 15 is 0 Å². The highest BCUT2D eigenvalue weighted by Crippen LogP contribution is 2.25. The summed E-state index contributed by atoms with van der Waals surface area (Å²) in [6.07, 6.45) is 0. The predicted octanol–water partition coefficient (Wildman–Crippen LogP) is 0.691. The minimum atomic E-state index is -1.26. The summed E-state index contributed by atoms with van der Waals surface area (Å²) in [4.78, 5) is 0. The van der Waals surface area contributed by atoms with Crippen molar-refractivity contribution in [2.45, 2.75) is 38.9 Å². The van der Waals surface area contributed by atoms with Crippen LogP contribution in [0.5, 0.6) is 0 Å². The van der Waals surface area contributed by atoms with E-state index in [1.165, 1.54) is 6.07 Å². The van der Waals surface area contributed by atoms with E-state index in [2.05, 4.69) is 21.1 Å². The largest absolute Gasteiger partial charge is 0.532 e. The number of nitrogens with zero attached hydrogens (tertiary/aromatic N) is 1. The van der Waals surface area contributed by atoms with Crippen molar-refractivity contribution in [2.24, 2.45) is 0 Å². The molecule has 1 aromatic rings. The summed E-state index contributed by atoms with van der Waals surface area (Å²) < 4.78 is 10.7. The van der Waals surface area contributed by atoms with Gasteiger partial charge in [0.2, 0.25) is 0 Å². The van der Waals surface area contributed by atoms with Gasteiger partial charge in [0, 0.05) is 6.07 Å². The summed E-state index contributed by atoms with van der Waals surface area (Å²) in [5, 5.41) is 23.2. The number of aromatic nitrogens is 1. The zero-order chi connectivity index (χ0) is 12.6. The monoisotopic (exact) mass is 291 g/mol. The van der Waals surface area contributed by atoms with Gasteiger partial charge in [0.25, 0.3) is 0 Å². The average molecular weight is 292 g/mol.